The van der Waals surface area contributed by atoms with Gasteiger partial charge in [0, 0.05) is 0 Å². The van der Waals surface area contributed by atoms with Crippen molar-refractivity contribution in [3.8, 4) is 0 Å². The third-order valence-corrected chi connectivity index (χ3v) is 3.17. The molecule has 0 fully saturated rings. The van der Waals surface area contributed by atoms with Crippen LogP contribution in [0, 0.1) is 0 Å². The van der Waals surface area contributed by atoms with E-state index in [1.807, 2.05) is 6.92 Å². The Morgan fingerprint density at radius 3 is 2.30 bits per heavy atom. The lowest BCUT2D eigenvalue weighted by Gasteiger charge is -2.08. The Bertz CT molecular complexity index is 122. The zero-order chi connectivity index (χ0) is 8.20. The predicted molar refractivity (Wildman–Crippen MR) is 42.1 cm³/mol. The molecule has 2 N–H and O–H groups in total. The third kappa shape index (κ3) is 4.86. The van der Waals surface area contributed by atoms with E-state index >= 15 is 0 Å². The fraction of sp³-hybridized carbons (Fsp3) is 0.833. The highest BCUT2D eigenvalue weighted by Gasteiger charge is 2.33. The van der Waals surface area contributed by atoms with Gasteiger partial charge in [-0.3, -0.25) is 4.79 Å². The minimum absolute atomic E-state index is 0.0547. The summed E-state index contributed by atoms with van der Waals surface area (Å²) < 4.78 is 0. The van der Waals surface area contributed by atoms with Crippen LogP contribution in [0.3, 0.4) is 0 Å². The monoisotopic (exact) mass is 165 g/mol. The largest absolute Gasteiger partial charge is 0.296 e. The number of carbonyl (C=O) groups excluding carboxylic acids is 1. The van der Waals surface area contributed by atoms with E-state index in [1.165, 1.54) is 6.92 Å². The summed E-state index contributed by atoms with van der Waals surface area (Å²) in [6, 6.07) is 0. The molecule has 0 unspecified atom stereocenters. The second-order valence-electron chi connectivity index (χ2n) is 2.46. The lowest BCUT2D eigenvalue weighted by atomic mass is 10.5. The Labute approximate surface area is 61.6 Å². The second kappa shape index (κ2) is 4.02. The molecular formula is C6H14O3P+. The maximum absolute atomic E-state index is 10.4. The minimum atomic E-state index is -2.85. The highest BCUT2D eigenvalue weighted by molar-refractivity contribution is 7.65. The van der Waals surface area contributed by atoms with Crippen LogP contribution in [0.4, 0.5) is 0 Å². The molecule has 0 aliphatic heterocycles. The van der Waals surface area contributed by atoms with Gasteiger partial charge in [0.25, 0.3) is 7.72 Å². The van der Waals surface area contributed by atoms with E-state index in [1.54, 1.807) is 0 Å². The quantitative estimate of drug-likeness (QED) is 0.606. The van der Waals surface area contributed by atoms with Gasteiger partial charge in [-0.25, -0.2) is 9.79 Å². The first kappa shape index (κ1) is 10.0. The molecule has 0 bridgehead atoms. The average molecular weight is 165 g/mol. The zero-order valence-electron chi connectivity index (χ0n) is 6.37. The Morgan fingerprint density at radius 2 is 2.00 bits per heavy atom. The van der Waals surface area contributed by atoms with Crippen molar-refractivity contribution in [1.29, 1.82) is 0 Å². The van der Waals surface area contributed by atoms with E-state index < -0.39 is 7.72 Å². The molecule has 60 valence electrons. The summed E-state index contributed by atoms with van der Waals surface area (Å²) in [5.41, 5.74) is 0. The maximum atomic E-state index is 10.4. The fourth-order valence-corrected chi connectivity index (χ4v) is 2.38. The summed E-state index contributed by atoms with van der Waals surface area (Å²) in [4.78, 5) is 28.7. The highest BCUT2D eigenvalue weighted by atomic mass is 31.2. The lowest BCUT2D eigenvalue weighted by molar-refractivity contribution is -0.114. The molecule has 0 aliphatic carbocycles. The minimum Gasteiger partial charge on any atom is -0.296 e. The van der Waals surface area contributed by atoms with Crippen molar-refractivity contribution in [2.45, 2.75) is 20.3 Å². The molecule has 0 atom stereocenters. The van der Waals surface area contributed by atoms with Crippen LogP contribution in [0.15, 0.2) is 0 Å². The van der Waals surface area contributed by atoms with Gasteiger partial charge in [-0.2, -0.15) is 0 Å². The highest BCUT2D eigenvalue weighted by Crippen LogP contribution is 2.49. The van der Waals surface area contributed by atoms with E-state index in [0.29, 0.717) is 12.6 Å². The number of hydrogen-bond acceptors (Lipinski definition) is 3. The normalized spacial score (nSPS) is 11.6. The van der Waals surface area contributed by atoms with Gasteiger partial charge < -0.3 is 0 Å². The second-order valence-corrected chi connectivity index (χ2v) is 4.98. The van der Waals surface area contributed by atoms with Gasteiger partial charge in [0.05, 0.1) is 0 Å². The Balaban J connectivity index is 3.74. The van der Waals surface area contributed by atoms with Crippen molar-refractivity contribution in [1.82, 2.24) is 0 Å². The van der Waals surface area contributed by atoms with Gasteiger partial charge in [0.1, 0.15) is 6.16 Å². The summed E-state index contributed by atoms with van der Waals surface area (Å²) in [6.07, 6.45) is 1.03. The smallest absolute Gasteiger partial charge is 0.275 e. The van der Waals surface area contributed by atoms with E-state index in [-0.39, 0.29) is 11.9 Å². The van der Waals surface area contributed by atoms with Gasteiger partial charge in [0.2, 0.25) is 0 Å². The molecule has 0 heterocycles. The van der Waals surface area contributed by atoms with Crippen LogP contribution < -0.4 is 0 Å². The molecule has 0 radical (unpaired) electrons. The number of hydrogen-bond donors (Lipinski definition) is 2. The molecule has 0 aromatic carbocycles. The molecule has 10 heavy (non-hydrogen) atoms. The van der Waals surface area contributed by atoms with Crippen LogP contribution >= 0.6 is 7.72 Å². The van der Waals surface area contributed by atoms with Crippen molar-refractivity contribution < 1.29 is 14.6 Å². The average Bonchev–Trinajstić information content (AvgIpc) is 1.59. The van der Waals surface area contributed by atoms with E-state index in [9.17, 15) is 4.79 Å². The molecule has 0 aromatic rings. The topological polar surface area (TPSA) is 57.5 Å². The number of ketones is 1. The van der Waals surface area contributed by atoms with Gasteiger partial charge in [0.15, 0.2) is 11.9 Å². The SMILES string of the molecule is CCC[P+](O)(O)CC(C)=O. The van der Waals surface area contributed by atoms with Crippen LogP contribution in [0.2, 0.25) is 0 Å². The maximum Gasteiger partial charge on any atom is 0.275 e. The molecule has 0 amide bonds. The summed E-state index contributed by atoms with van der Waals surface area (Å²) in [5, 5.41) is 0. The first-order chi connectivity index (χ1) is 4.48. The van der Waals surface area contributed by atoms with Crippen LogP contribution in [0.5, 0.6) is 0 Å². The van der Waals surface area contributed by atoms with Crippen LogP contribution in [-0.2, 0) is 4.79 Å². The van der Waals surface area contributed by atoms with Gasteiger partial charge in [-0.1, -0.05) is 6.92 Å². The Kier molecular flexibility index (Phi) is 4.02. The van der Waals surface area contributed by atoms with Crippen LogP contribution in [0.1, 0.15) is 20.3 Å². The molecule has 0 saturated carbocycles. The summed E-state index contributed by atoms with van der Waals surface area (Å²) in [7, 11) is -2.85. The first-order valence-corrected chi connectivity index (χ1v) is 5.36. The van der Waals surface area contributed by atoms with Crippen molar-refractivity contribution in [2.75, 3.05) is 12.3 Å². The molecule has 0 spiro atoms. The summed E-state index contributed by atoms with van der Waals surface area (Å²) in [6.45, 7) is 3.23. The van der Waals surface area contributed by atoms with Gasteiger partial charge in [-0.05, 0) is 13.3 Å². The number of Topliss-reactive ketones (excluding diaryl/α,β-unsaturated/α-hetero) is 1. The van der Waals surface area contributed by atoms with Gasteiger partial charge in [-0.15, -0.1) is 0 Å². The number of carbonyl (C=O) groups is 1. The lowest BCUT2D eigenvalue weighted by Crippen LogP contribution is -2.07. The van der Waals surface area contributed by atoms with Crippen LogP contribution in [0.25, 0.3) is 0 Å². The molecule has 0 aromatic heterocycles. The molecule has 0 aliphatic rings. The molecule has 0 rings (SSSR count). The Hall–Kier alpha value is 0.0200. The first-order valence-electron chi connectivity index (χ1n) is 3.30. The Morgan fingerprint density at radius 1 is 1.50 bits per heavy atom. The standard InChI is InChI=1S/C6H14O3P/c1-3-4-10(8,9)5-6(2)7/h8-9H,3-5H2,1-2H3/q+1. The third-order valence-electron chi connectivity index (χ3n) is 1.06. The van der Waals surface area contributed by atoms with E-state index in [4.69, 9.17) is 9.79 Å². The summed E-state index contributed by atoms with van der Waals surface area (Å²) >= 11 is 0. The van der Waals surface area contributed by atoms with Gasteiger partial charge >= 0.3 is 0 Å². The van der Waals surface area contributed by atoms with E-state index in [0.717, 1.165) is 0 Å². The predicted octanol–water partition coefficient (Wildman–Crippen LogP) is 0.818. The molecule has 4 heteroatoms. The van der Waals surface area contributed by atoms with Crippen molar-refractivity contribution >= 4 is 13.5 Å². The van der Waals surface area contributed by atoms with Crippen LogP contribution in [-0.4, -0.2) is 27.9 Å². The molecular weight excluding hydrogens is 151 g/mol. The van der Waals surface area contributed by atoms with Crippen molar-refractivity contribution in [3.05, 3.63) is 0 Å². The van der Waals surface area contributed by atoms with Crippen molar-refractivity contribution in [3.63, 3.8) is 0 Å². The number of rotatable bonds is 4. The van der Waals surface area contributed by atoms with Crippen molar-refractivity contribution in [2.24, 2.45) is 0 Å². The van der Waals surface area contributed by atoms with E-state index in [2.05, 4.69) is 0 Å². The summed E-state index contributed by atoms with van der Waals surface area (Å²) in [5.74, 6) is -0.146. The zero-order valence-corrected chi connectivity index (χ0v) is 7.27. The molecule has 0 saturated heterocycles. The molecule has 3 nitrogen and oxygen atoms in total. The fourth-order valence-electron chi connectivity index (χ4n) is 0.794.